The van der Waals surface area contributed by atoms with Crippen molar-refractivity contribution in [2.45, 2.75) is 4.90 Å². The number of nitrogens with one attached hydrogen (secondary N) is 2. The summed E-state index contributed by atoms with van der Waals surface area (Å²) in [6.45, 7) is 0. The van der Waals surface area contributed by atoms with Gasteiger partial charge in [-0.25, -0.2) is 8.78 Å². The lowest BCUT2D eigenvalue weighted by Gasteiger charge is -2.05. The van der Waals surface area contributed by atoms with Crippen molar-refractivity contribution in [1.82, 2.24) is 4.98 Å². The fraction of sp³-hybridized carbons (Fsp3) is 0. The van der Waals surface area contributed by atoms with Crippen LogP contribution in [0.2, 0.25) is 5.02 Å². The summed E-state index contributed by atoms with van der Waals surface area (Å²) in [5.74, 6) is -0.901. The number of benzene rings is 2. The molecule has 2 aromatic carbocycles. The normalized spacial score (nSPS) is 10.4. The molecule has 0 bridgehead atoms. The van der Waals surface area contributed by atoms with Crippen LogP contribution in [0.3, 0.4) is 0 Å². The number of anilines is 1. The van der Waals surface area contributed by atoms with E-state index in [1.54, 1.807) is 12.3 Å². The van der Waals surface area contributed by atoms with E-state index in [0.717, 1.165) is 11.0 Å². The summed E-state index contributed by atoms with van der Waals surface area (Å²) in [6, 6.07) is 12.1. The smallest absolute Gasteiger partial charge is 0.148 e. The van der Waals surface area contributed by atoms with Gasteiger partial charge in [0.1, 0.15) is 11.6 Å². The lowest BCUT2D eigenvalue weighted by Crippen LogP contribution is -1.91. The first-order chi connectivity index (χ1) is 11.6. The van der Waals surface area contributed by atoms with Gasteiger partial charge in [0, 0.05) is 27.4 Å². The van der Waals surface area contributed by atoms with Crippen molar-refractivity contribution in [3.05, 3.63) is 70.9 Å². The number of H-pyrrole nitrogens is 1. The van der Waals surface area contributed by atoms with Crippen LogP contribution < -0.4 is 4.72 Å². The molecule has 0 radical (unpaired) electrons. The van der Waals surface area contributed by atoms with E-state index in [1.165, 1.54) is 42.3 Å². The van der Waals surface area contributed by atoms with Gasteiger partial charge in [0.2, 0.25) is 0 Å². The summed E-state index contributed by atoms with van der Waals surface area (Å²) in [4.78, 5) is 3.71. The van der Waals surface area contributed by atoms with Crippen LogP contribution in [0, 0.1) is 23.0 Å². The van der Waals surface area contributed by atoms with Gasteiger partial charge < -0.3 is 9.71 Å². The van der Waals surface area contributed by atoms with Gasteiger partial charge in [-0.1, -0.05) is 11.6 Å². The lowest BCUT2D eigenvalue weighted by atomic mass is 10.1. The van der Waals surface area contributed by atoms with Gasteiger partial charge in [0.25, 0.3) is 0 Å². The molecule has 0 atom stereocenters. The molecular weight excluding hydrogens is 352 g/mol. The first kappa shape index (κ1) is 16.4. The molecule has 3 nitrogen and oxygen atoms in total. The number of aromatic amines is 1. The quantitative estimate of drug-likeness (QED) is 0.594. The van der Waals surface area contributed by atoms with Gasteiger partial charge >= 0.3 is 0 Å². The predicted octanol–water partition coefficient (Wildman–Crippen LogP) is 5.60. The van der Waals surface area contributed by atoms with Gasteiger partial charge in [-0.3, -0.25) is 0 Å². The van der Waals surface area contributed by atoms with Crippen LogP contribution in [0.15, 0.2) is 53.6 Å². The first-order valence-corrected chi connectivity index (χ1v) is 8.02. The van der Waals surface area contributed by atoms with Gasteiger partial charge in [0.05, 0.1) is 17.3 Å². The molecule has 0 amide bonds. The molecule has 0 aliphatic carbocycles. The van der Waals surface area contributed by atoms with E-state index in [9.17, 15) is 8.78 Å². The Kier molecular flexibility index (Phi) is 4.74. The second-order valence-corrected chi connectivity index (χ2v) is 6.20. The van der Waals surface area contributed by atoms with E-state index in [4.69, 9.17) is 16.9 Å². The van der Waals surface area contributed by atoms with Crippen molar-refractivity contribution in [3.8, 4) is 17.3 Å². The number of rotatable bonds is 4. The third kappa shape index (κ3) is 3.53. The van der Waals surface area contributed by atoms with Crippen LogP contribution in [-0.4, -0.2) is 4.98 Å². The minimum Gasteiger partial charge on any atom is -0.360 e. The maximum Gasteiger partial charge on any atom is 0.148 e. The molecular formula is C17H10ClF2N3S. The van der Waals surface area contributed by atoms with Crippen LogP contribution in [0.4, 0.5) is 14.5 Å². The maximum absolute atomic E-state index is 13.9. The average molecular weight is 362 g/mol. The monoisotopic (exact) mass is 361 g/mol. The Morgan fingerprint density at radius 2 is 1.92 bits per heavy atom. The number of hydrogen-bond acceptors (Lipinski definition) is 3. The Morgan fingerprint density at radius 3 is 2.67 bits per heavy atom. The molecule has 0 aliphatic rings. The fourth-order valence-corrected chi connectivity index (χ4v) is 2.93. The Balaban J connectivity index is 1.75. The Bertz CT molecular complexity index is 934. The Labute approximate surface area is 146 Å². The third-order valence-electron chi connectivity index (χ3n) is 3.25. The van der Waals surface area contributed by atoms with E-state index in [1.807, 2.05) is 6.07 Å². The molecule has 0 saturated heterocycles. The molecule has 7 heteroatoms. The SMILES string of the molecule is N#Cc1ccc(NSc2c[nH]c(-c3cc(Cl)ccc3F)c2)c(F)c1. The second-order valence-electron chi connectivity index (χ2n) is 4.88. The van der Waals surface area contributed by atoms with E-state index < -0.39 is 5.82 Å². The number of hydrogen-bond donors (Lipinski definition) is 2. The molecule has 0 unspecified atom stereocenters. The van der Waals surface area contributed by atoms with E-state index >= 15 is 0 Å². The van der Waals surface area contributed by atoms with Gasteiger partial charge in [-0.05, 0) is 54.4 Å². The molecule has 0 fully saturated rings. The summed E-state index contributed by atoms with van der Waals surface area (Å²) >= 11 is 7.06. The molecule has 1 aromatic heterocycles. The summed E-state index contributed by atoms with van der Waals surface area (Å²) in [7, 11) is 0. The number of nitriles is 1. The molecule has 0 saturated carbocycles. The fourth-order valence-electron chi connectivity index (χ4n) is 2.07. The average Bonchev–Trinajstić information content (AvgIpc) is 3.04. The van der Waals surface area contributed by atoms with Crippen molar-refractivity contribution in [1.29, 1.82) is 5.26 Å². The molecule has 1 heterocycles. The van der Waals surface area contributed by atoms with Gasteiger partial charge in [-0.2, -0.15) is 5.26 Å². The molecule has 2 N–H and O–H groups in total. The van der Waals surface area contributed by atoms with Crippen molar-refractivity contribution >= 4 is 29.2 Å². The second kappa shape index (κ2) is 6.95. The minimum absolute atomic E-state index is 0.253. The highest BCUT2D eigenvalue weighted by Crippen LogP contribution is 2.30. The highest BCUT2D eigenvalue weighted by atomic mass is 35.5. The zero-order chi connectivity index (χ0) is 17.1. The van der Waals surface area contributed by atoms with Crippen LogP contribution in [0.25, 0.3) is 11.3 Å². The summed E-state index contributed by atoms with van der Waals surface area (Å²) in [6.07, 6.45) is 1.68. The highest BCUT2D eigenvalue weighted by Gasteiger charge is 2.10. The van der Waals surface area contributed by atoms with Crippen LogP contribution in [0.1, 0.15) is 5.56 Å². The van der Waals surface area contributed by atoms with E-state index in [-0.39, 0.29) is 17.1 Å². The summed E-state index contributed by atoms with van der Waals surface area (Å²) in [5, 5.41) is 9.17. The van der Waals surface area contributed by atoms with Crippen molar-refractivity contribution in [2.24, 2.45) is 0 Å². The largest absolute Gasteiger partial charge is 0.360 e. The van der Waals surface area contributed by atoms with Crippen LogP contribution in [-0.2, 0) is 0 Å². The maximum atomic E-state index is 13.9. The molecule has 3 aromatic rings. The van der Waals surface area contributed by atoms with Crippen molar-refractivity contribution < 1.29 is 8.78 Å². The molecule has 120 valence electrons. The van der Waals surface area contributed by atoms with Crippen LogP contribution >= 0.6 is 23.5 Å². The van der Waals surface area contributed by atoms with Gasteiger partial charge in [-0.15, -0.1) is 0 Å². The summed E-state index contributed by atoms with van der Waals surface area (Å²) in [5.41, 5.74) is 1.44. The molecule has 0 aliphatic heterocycles. The van der Waals surface area contributed by atoms with E-state index in [2.05, 4.69) is 9.71 Å². The van der Waals surface area contributed by atoms with Crippen molar-refractivity contribution in [3.63, 3.8) is 0 Å². The Morgan fingerprint density at radius 1 is 1.08 bits per heavy atom. The molecule has 3 rings (SSSR count). The van der Waals surface area contributed by atoms with E-state index in [0.29, 0.717) is 16.3 Å². The number of aromatic nitrogens is 1. The number of halogens is 3. The zero-order valence-electron chi connectivity index (χ0n) is 12.1. The van der Waals surface area contributed by atoms with Gasteiger partial charge in [0.15, 0.2) is 0 Å². The predicted molar refractivity (Wildman–Crippen MR) is 91.8 cm³/mol. The highest BCUT2D eigenvalue weighted by molar-refractivity contribution is 8.00. The summed E-state index contributed by atoms with van der Waals surface area (Å²) < 4.78 is 30.5. The van der Waals surface area contributed by atoms with Crippen molar-refractivity contribution in [2.75, 3.05) is 4.72 Å². The molecule has 0 spiro atoms. The lowest BCUT2D eigenvalue weighted by molar-refractivity contribution is 0.631. The minimum atomic E-state index is -0.516. The third-order valence-corrected chi connectivity index (χ3v) is 4.28. The zero-order valence-corrected chi connectivity index (χ0v) is 13.7. The standard InChI is InChI=1S/C17H10ClF2N3S/c18-11-2-3-14(19)13(6-11)17-7-12(9-22-17)24-23-16-4-1-10(8-21)5-15(16)20/h1-7,9,22-23H. The van der Waals surface area contributed by atoms with Crippen LogP contribution in [0.5, 0.6) is 0 Å². The molecule has 24 heavy (non-hydrogen) atoms. The Hall–Kier alpha value is -2.49. The number of nitrogens with zero attached hydrogens (tertiary/aromatic N) is 1. The first-order valence-electron chi connectivity index (χ1n) is 6.83. The topological polar surface area (TPSA) is 51.6 Å².